The van der Waals surface area contributed by atoms with Gasteiger partial charge in [-0.3, -0.25) is 14.4 Å². The number of quaternary nitrogens is 1. The van der Waals surface area contributed by atoms with Crippen LogP contribution in [-0.2, 0) is 11.8 Å². The number of piperazine rings is 1. The topological polar surface area (TPSA) is 144 Å². The first-order valence-electron chi connectivity index (χ1n) is 15.9. The van der Waals surface area contributed by atoms with Crippen LogP contribution in [0.25, 0.3) is 17.1 Å². The lowest BCUT2D eigenvalue weighted by Gasteiger charge is -2.40. The summed E-state index contributed by atoms with van der Waals surface area (Å²) in [6.07, 6.45) is 2.94. The number of alkyl halides is 2. The minimum Gasteiger partial charge on any atom is -0.397 e. The largest absolute Gasteiger partial charge is 0.397 e. The number of hydrogen-bond donors (Lipinski definition) is 2. The Morgan fingerprint density at radius 3 is 2.33 bits per heavy atom. The summed E-state index contributed by atoms with van der Waals surface area (Å²) >= 11 is 6.52. The first-order chi connectivity index (χ1) is 23.3. The van der Waals surface area contributed by atoms with Crippen LogP contribution < -0.4 is 11.1 Å². The summed E-state index contributed by atoms with van der Waals surface area (Å²) in [7, 11) is 5.90. The van der Waals surface area contributed by atoms with Crippen LogP contribution in [0.5, 0.6) is 0 Å². The number of amides is 3. The van der Waals surface area contributed by atoms with E-state index >= 15 is 0 Å². The number of nitrogen functional groups attached to an aromatic ring is 1. The Balaban J connectivity index is 1.10. The summed E-state index contributed by atoms with van der Waals surface area (Å²) in [5, 5.41) is 6.87. The number of benzene rings is 1. The van der Waals surface area contributed by atoms with Crippen LogP contribution in [0.15, 0.2) is 48.9 Å². The molecule has 258 valence electrons. The van der Waals surface area contributed by atoms with Crippen LogP contribution >= 0.6 is 11.6 Å². The first-order valence-corrected chi connectivity index (χ1v) is 16.3. The molecule has 2 saturated heterocycles. The number of likely N-dealkylation sites (tertiary alicyclic amines) is 1. The van der Waals surface area contributed by atoms with Crippen molar-refractivity contribution < 1.29 is 27.6 Å². The van der Waals surface area contributed by atoms with E-state index in [2.05, 4.69) is 34.5 Å². The maximum Gasteiger partial charge on any atom is 0.291 e. The number of nitrogens with two attached hydrogens (primary N) is 1. The number of halogens is 3. The van der Waals surface area contributed by atoms with Crippen LogP contribution in [0.3, 0.4) is 0 Å². The van der Waals surface area contributed by atoms with E-state index < -0.39 is 18.0 Å². The molecule has 0 bridgehead atoms. The predicted molar refractivity (Wildman–Crippen MR) is 179 cm³/mol. The normalized spacial score (nSPS) is 16.6. The number of carbonyl (C=O) groups is 3. The molecule has 2 aliphatic rings. The number of nitrogens with one attached hydrogen (secondary N) is 1. The third-order valence-corrected chi connectivity index (χ3v) is 9.59. The molecular formula is C33H38ClF2N10O3+. The molecule has 13 nitrogen and oxygen atoms in total. The first kappa shape index (κ1) is 34.0. The highest BCUT2D eigenvalue weighted by Gasteiger charge is 2.35. The van der Waals surface area contributed by atoms with Crippen LogP contribution in [0.2, 0.25) is 5.02 Å². The second-order valence-electron chi connectivity index (χ2n) is 13.1. The predicted octanol–water partition coefficient (Wildman–Crippen LogP) is 3.86. The van der Waals surface area contributed by atoms with Gasteiger partial charge in [-0.25, -0.2) is 23.4 Å². The molecular weight excluding hydrogens is 658 g/mol. The van der Waals surface area contributed by atoms with Gasteiger partial charge in [-0.05, 0) is 30.3 Å². The molecule has 0 unspecified atom stereocenters. The molecule has 6 rings (SSSR count). The van der Waals surface area contributed by atoms with E-state index in [-0.39, 0.29) is 51.2 Å². The van der Waals surface area contributed by atoms with E-state index in [9.17, 15) is 23.2 Å². The monoisotopic (exact) mass is 695 g/mol. The summed E-state index contributed by atoms with van der Waals surface area (Å²) in [6, 6.07) is 7.70. The molecule has 0 saturated carbocycles. The minimum absolute atomic E-state index is 0.0370. The van der Waals surface area contributed by atoms with Crippen molar-refractivity contribution in [1.29, 1.82) is 0 Å². The van der Waals surface area contributed by atoms with Gasteiger partial charge in [0.1, 0.15) is 5.69 Å². The molecule has 4 aromatic rings. The van der Waals surface area contributed by atoms with E-state index in [1.54, 1.807) is 23.1 Å². The number of anilines is 2. The van der Waals surface area contributed by atoms with Crippen molar-refractivity contribution in [2.75, 3.05) is 64.4 Å². The lowest BCUT2D eigenvalue weighted by Crippen LogP contribution is -2.54. The van der Waals surface area contributed by atoms with Gasteiger partial charge < -0.3 is 29.9 Å². The Morgan fingerprint density at radius 2 is 1.69 bits per heavy atom. The van der Waals surface area contributed by atoms with Crippen molar-refractivity contribution in [3.8, 4) is 17.1 Å². The highest BCUT2D eigenvalue weighted by Crippen LogP contribution is 2.32. The minimum atomic E-state index is -2.90. The molecule has 0 radical (unpaired) electrons. The Bertz CT molecular complexity index is 1870. The van der Waals surface area contributed by atoms with Gasteiger partial charge in [-0.15, -0.1) is 0 Å². The third kappa shape index (κ3) is 7.13. The number of aromatic nitrogens is 5. The number of carbonyl (C=O) groups excluding carboxylic acids is 3. The average molecular weight is 696 g/mol. The molecule has 0 spiro atoms. The van der Waals surface area contributed by atoms with E-state index in [1.165, 1.54) is 47.0 Å². The van der Waals surface area contributed by atoms with Crippen molar-refractivity contribution in [3.63, 3.8) is 0 Å². The smallest absolute Gasteiger partial charge is 0.291 e. The molecule has 49 heavy (non-hydrogen) atoms. The molecule has 2 fully saturated rings. The van der Waals surface area contributed by atoms with Crippen LogP contribution in [-0.4, -0.2) is 110 Å². The SMILES string of the molecule is Cn1c(-c2cn(-c3ccc(N)cn3)nc2C(F)F)cnc1C(=O)Nc1ccc(C(=O)N2CCN(C(=O)C3CC[N+](C)(C)CC3)CC2)c(Cl)c1. The number of rotatable bonds is 7. The van der Waals surface area contributed by atoms with E-state index in [1.807, 2.05) is 4.90 Å². The van der Waals surface area contributed by atoms with Gasteiger partial charge in [-0.2, -0.15) is 5.10 Å². The summed E-state index contributed by atoms with van der Waals surface area (Å²) in [5.41, 5.74) is 6.51. The van der Waals surface area contributed by atoms with Gasteiger partial charge in [-0.1, -0.05) is 11.6 Å². The Hall–Kier alpha value is -4.89. The number of hydrogen-bond acceptors (Lipinski definition) is 7. The molecule has 2 aliphatic heterocycles. The highest BCUT2D eigenvalue weighted by atomic mass is 35.5. The third-order valence-electron chi connectivity index (χ3n) is 9.27. The van der Waals surface area contributed by atoms with Gasteiger partial charge in [0.05, 0.1) is 61.5 Å². The van der Waals surface area contributed by atoms with Gasteiger partial charge in [0, 0.05) is 69.4 Å². The summed E-state index contributed by atoms with van der Waals surface area (Å²) in [5.74, 6) is -0.425. The van der Waals surface area contributed by atoms with Crippen molar-refractivity contribution in [2.24, 2.45) is 13.0 Å². The van der Waals surface area contributed by atoms with Crippen molar-refractivity contribution in [3.05, 3.63) is 71.0 Å². The molecule has 3 aromatic heterocycles. The lowest BCUT2D eigenvalue weighted by atomic mass is 9.94. The molecule has 3 N–H and O–H groups in total. The second-order valence-corrected chi connectivity index (χ2v) is 13.5. The fourth-order valence-electron chi connectivity index (χ4n) is 6.29. The van der Waals surface area contributed by atoms with Gasteiger partial charge in [0.2, 0.25) is 5.91 Å². The maximum atomic E-state index is 14.0. The number of pyridine rings is 1. The average Bonchev–Trinajstić information content (AvgIpc) is 3.68. The molecule has 5 heterocycles. The summed E-state index contributed by atoms with van der Waals surface area (Å²) in [4.78, 5) is 51.5. The molecule has 16 heteroatoms. The number of piperidine rings is 1. The Labute approximate surface area is 286 Å². The zero-order chi connectivity index (χ0) is 35.0. The van der Waals surface area contributed by atoms with Crippen LogP contribution in [0.4, 0.5) is 20.2 Å². The lowest BCUT2D eigenvalue weighted by molar-refractivity contribution is -0.895. The molecule has 1 aromatic carbocycles. The highest BCUT2D eigenvalue weighted by molar-refractivity contribution is 6.34. The Kier molecular flexibility index (Phi) is 9.40. The van der Waals surface area contributed by atoms with Gasteiger partial charge >= 0.3 is 0 Å². The zero-order valence-corrected chi connectivity index (χ0v) is 28.2. The van der Waals surface area contributed by atoms with E-state index in [4.69, 9.17) is 17.3 Å². The van der Waals surface area contributed by atoms with Crippen molar-refractivity contribution in [1.82, 2.24) is 34.1 Å². The van der Waals surface area contributed by atoms with Crippen molar-refractivity contribution in [2.45, 2.75) is 19.3 Å². The Morgan fingerprint density at radius 1 is 1.00 bits per heavy atom. The van der Waals surface area contributed by atoms with Crippen LogP contribution in [0.1, 0.15) is 45.9 Å². The van der Waals surface area contributed by atoms with Crippen molar-refractivity contribution >= 4 is 40.7 Å². The van der Waals surface area contributed by atoms with Gasteiger partial charge in [0.15, 0.2) is 11.6 Å². The maximum absolute atomic E-state index is 14.0. The standard InChI is InChI=1S/C33H37ClF2N10O3/c1-42-26(24-19-45(41-28(24)29(35)36)27-7-4-21(37)17-38-27)18-39-30(42)31(47)40-22-5-6-23(25(34)16-22)33(49)44-12-10-43(11-13-44)32(48)20-8-14-46(2,3)15-9-20/h4-7,16-20,29H,8-15,37H2,1-3H3/p+1. The molecule has 0 atom stereocenters. The fraction of sp³-hybridized carbons (Fsp3) is 0.394. The van der Waals surface area contributed by atoms with E-state index in [0.717, 1.165) is 30.4 Å². The number of imidazole rings is 1. The fourth-order valence-corrected chi connectivity index (χ4v) is 6.55. The van der Waals surface area contributed by atoms with Gasteiger partial charge in [0.25, 0.3) is 18.2 Å². The quantitative estimate of drug-likeness (QED) is 0.280. The molecule has 3 amide bonds. The van der Waals surface area contributed by atoms with E-state index in [0.29, 0.717) is 37.6 Å². The summed E-state index contributed by atoms with van der Waals surface area (Å²) in [6.45, 7) is 3.69. The second kappa shape index (κ2) is 13.6. The zero-order valence-electron chi connectivity index (χ0n) is 27.4. The van der Waals surface area contributed by atoms with Crippen LogP contribution in [0, 0.1) is 5.92 Å². The molecule has 0 aliphatic carbocycles. The number of nitrogens with zero attached hydrogens (tertiary/aromatic N) is 8. The summed E-state index contributed by atoms with van der Waals surface area (Å²) < 4.78 is 31.5.